The van der Waals surface area contributed by atoms with E-state index in [0.717, 1.165) is 64.2 Å². The Balaban J connectivity index is 1.28. The lowest BCUT2D eigenvalue weighted by molar-refractivity contribution is 0.0341. The topological polar surface area (TPSA) is 60.9 Å². The number of ether oxygens (including phenoxy) is 1. The molecule has 0 radical (unpaired) electrons. The molecule has 8 heteroatoms. The Morgan fingerprint density at radius 2 is 1.82 bits per heavy atom. The molecule has 7 nitrogen and oxygen atoms in total. The van der Waals surface area contributed by atoms with E-state index in [1.165, 1.54) is 11.1 Å². The molecule has 2 saturated heterocycles. The van der Waals surface area contributed by atoms with Gasteiger partial charge in [0, 0.05) is 63.9 Å². The van der Waals surface area contributed by atoms with Gasteiger partial charge in [0.1, 0.15) is 0 Å². The summed E-state index contributed by atoms with van der Waals surface area (Å²) in [6.45, 7) is 8.09. The maximum absolute atomic E-state index is 12.6. The van der Waals surface area contributed by atoms with Gasteiger partial charge < -0.3 is 19.9 Å². The summed E-state index contributed by atoms with van der Waals surface area (Å²) in [7, 11) is 0. The molecule has 1 aromatic heterocycles. The Hall–Kier alpha value is -2.16. The number of thiazole rings is 1. The van der Waals surface area contributed by atoms with Crippen LogP contribution in [-0.2, 0) is 17.8 Å². The fourth-order valence-electron chi connectivity index (χ4n) is 3.64. The highest BCUT2D eigenvalue weighted by Gasteiger charge is 2.22. The summed E-state index contributed by atoms with van der Waals surface area (Å²) in [5, 5.41) is 6.14. The van der Waals surface area contributed by atoms with Gasteiger partial charge >= 0.3 is 6.03 Å². The Labute approximate surface area is 169 Å². The molecule has 0 bridgehead atoms. The van der Waals surface area contributed by atoms with Crippen molar-refractivity contribution < 1.29 is 9.53 Å². The molecule has 2 fully saturated rings. The zero-order valence-electron chi connectivity index (χ0n) is 16.0. The van der Waals surface area contributed by atoms with Crippen LogP contribution in [0.25, 0.3) is 0 Å². The van der Waals surface area contributed by atoms with Crippen LogP contribution in [0.1, 0.15) is 11.1 Å². The number of anilines is 1. The standard InChI is InChI=1S/C20H27N5O2S/c26-19(24-6-8-25(9-7-24)20-21-5-14-28-20)22-15-17-3-1-2-4-18(17)16-23-10-12-27-13-11-23/h1-5,14H,6-13,15-16H2,(H,22,26). The molecule has 1 aromatic carbocycles. The molecule has 0 atom stereocenters. The van der Waals surface area contributed by atoms with Crippen LogP contribution >= 0.6 is 11.3 Å². The van der Waals surface area contributed by atoms with Crippen molar-refractivity contribution in [3.63, 3.8) is 0 Å². The number of amides is 2. The molecule has 2 aliphatic heterocycles. The SMILES string of the molecule is O=C(NCc1ccccc1CN1CCOCC1)N1CCN(c2nccs2)CC1. The van der Waals surface area contributed by atoms with Crippen molar-refractivity contribution in [3.8, 4) is 0 Å². The van der Waals surface area contributed by atoms with Crippen molar-refractivity contribution in [1.29, 1.82) is 0 Å². The van der Waals surface area contributed by atoms with Gasteiger partial charge in [0.2, 0.25) is 0 Å². The number of carbonyl (C=O) groups excluding carboxylic acids is 1. The second-order valence-electron chi connectivity index (χ2n) is 7.10. The molecule has 150 valence electrons. The van der Waals surface area contributed by atoms with Gasteiger partial charge in [-0.1, -0.05) is 24.3 Å². The summed E-state index contributed by atoms with van der Waals surface area (Å²) >= 11 is 1.65. The van der Waals surface area contributed by atoms with Crippen LogP contribution in [0.15, 0.2) is 35.8 Å². The van der Waals surface area contributed by atoms with Crippen molar-refractivity contribution in [3.05, 3.63) is 47.0 Å². The first-order valence-corrected chi connectivity index (χ1v) is 10.7. The van der Waals surface area contributed by atoms with Gasteiger partial charge in [-0.15, -0.1) is 11.3 Å². The van der Waals surface area contributed by atoms with Crippen molar-refractivity contribution in [2.45, 2.75) is 13.1 Å². The maximum Gasteiger partial charge on any atom is 0.317 e. The first-order chi connectivity index (χ1) is 13.8. The van der Waals surface area contributed by atoms with E-state index in [2.05, 4.69) is 38.3 Å². The number of benzene rings is 1. The molecule has 4 rings (SSSR count). The second-order valence-corrected chi connectivity index (χ2v) is 7.98. The minimum absolute atomic E-state index is 0.0139. The van der Waals surface area contributed by atoms with Gasteiger partial charge in [-0.2, -0.15) is 0 Å². The fourth-order valence-corrected chi connectivity index (χ4v) is 4.34. The van der Waals surface area contributed by atoms with Crippen LogP contribution < -0.4 is 10.2 Å². The Morgan fingerprint density at radius 3 is 2.54 bits per heavy atom. The number of rotatable bonds is 5. The number of nitrogens with zero attached hydrogens (tertiary/aromatic N) is 4. The van der Waals surface area contributed by atoms with Gasteiger partial charge in [-0.3, -0.25) is 4.90 Å². The molecule has 0 saturated carbocycles. The minimum Gasteiger partial charge on any atom is -0.379 e. The first kappa shape index (κ1) is 19.2. The number of nitrogens with one attached hydrogen (secondary N) is 1. The van der Waals surface area contributed by atoms with Crippen LogP contribution in [0.5, 0.6) is 0 Å². The first-order valence-electron chi connectivity index (χ1n) is 9.84. The quantitative estimate of drug-likeness (QED) is 0.831. The summed E-state index contributed by atoms with van der Waals surface area (Å²) in [5.74, 6) is 0. The average Bonchev–Trinajstić information content (AvgIpc) is 3.29. The van der Waals surface area contributed by atoms with E-state index in [1.54, 1.807) is 11.3 Å². The van der Waals surface area contributed by atoms with Crippen LogP contribution in [0.3, 0.4) is 0 Å². The molecule has 0 aliphatic carbocycles. The zero-order valence-corrected chi connectivity index (χ0v) is 16.9. The van der Waals surface area contributed by atoms with E-state index < -0.39 is 0 Å². The van der Waals surface area contributed by atoms with Crippen molar-refractivity contribution in [1.82, 2.24) is 20.1 Å². The number of piperazine rings is 1. The van der Waals surface area contributed by atoms with Gasteiger partial charge in [-0.05, 0) is 11.1 Å². The highest BCUT2D eigenvalue weighted by Crippen LogP contribution is 2.19. The van der Waals surface area contributed by atoms with Gasteiger partial charge in [0.25, 0.3) is 0 Å². The van der Waals surface area contributed by atoms with Crippen LogP contribution in [0.4, 0.5) is 9.93 Å². The third-order valence-electron chi connectivity index (χ3n) is 5.30. The third-order valence-corrected chi connectivity index (χ3v) is 6.14. The average molecular weight is 402 g/mol. The molecule has 1 N–H and O–H groups in total. The molecule has 2 aromatic rings. The van der Waals surface area contributed by atoms with Crippen molar-refractivity contribution in [2.75, 3.05) is 57.4 Å². The largest absolute Gasteiger partial charge is 0.379 e. The predicted octanol–water partition coefficient (Wildman–Crippen LogP) is 2.01. The van der Waals surface area contributed by atoms with E-state index in [4.69, 9.17) is 4.74 Å². The summed E-state index contributed by atoms with van der Waals surface area (Å²) < 4.78 is 5.43. The molecular formula is C20H27N5O2S. The summed E-state index contributed by atoms with van der Waals surface area (Å²) in [5.41, 5.74) is 2.46. The van der Waals surface area contributed by atoms with Gasteiger partial charge in [-0.25, -0.2) is 9.78 Å². The Kier molecular flexibility index (Phi) is 6.41. The van der Waals surface area contributed by atoms with E-state index in [9.17, 15) is 4.79 Å². The van der Waals surface area contributed by atoms with Gasteiger partial charge in [0.05, 0.1) is 13.2 Å². The number of hydrogen-bond donors (Lipinski definition) is 1. The van der Waals surface area contributed by atoms with E-state index >= 15 is 0 Å². The van der Waals surface area contributed by atoms with Crippen LogP contribution in [0, 0.1) is 0 Å². The maximum atomic E-state index is 12.6. The zero-order chi connectivity index (χ0) is 19.2. The number of morpholine rings is 1. The lowest BCUT2D eigenvalue weighted by atomic mass is 10.1. The number of carbonyl (C=O) groups is 1. The molecule has 0 unspecified atom stereocenters. The smallest absolute Gasteiger partial charge is 0.317 e. The highest BCUT2D eigenvalue weighted by atomic mass is 32.1. The van der Waals surface area contributed by atoms with Crippen molar-refractivity contribution in [2.24, 2.45) is 0 Å². The van der Waals surface area contributed by atoms with E-state index in [1.807, 2.05) is 22.5 Å². The minimum atomic E-state index is 0.0139. The number of hydrogen-bond acceptors (Lipinski definition) is 6. The Morgan fingerprint density at radius 1 is 1.07 bits per heavy atom. The molecule has 2 amide bonds. The fraction of sp³-hybridized carbons (Fsp3) is 0.500. The molecule has 28 heavy (non-hydrogen) atoms. The predicted molar refractivity (Wildman–Crippen MR) is 111 cm³/mol. The number of aromatic nitrogens is 1. The third kappa shape index (κ3) is 4.81. The van der Waals surface area contributed by atoms with Gasteiger partial charge in [0.15, 0.2) is 5.13 Å². The lowest BCUT2D eigenvalue weighted by Crippen LogP contribution is -2.51. The molecule has 0 spiro atoms. The normalized spacial score (nSPS) is 18.3. The summed E-state index contributed by atoms with van der Waals surface area (Å²) in [6, 6.07) is 8.39. The summed E-state index contributed by atoms with van der Waals surface area (Å²) in [6.07, 6.45) is 1.83. The van der Waals surface area contributed by atoms with Crippen LogP contribution in [0.2, 0.25) is 0 Å². The molecular weight excluding hydrogens is 374 g/mol. The second kappa shape index (κ2) is 9.36. The summed E-state index contributed by atoms with van der Waals surface area (Å²) in [4.78, 5) is 23.5. The van der Waals surface area contributed by atoms with Crippen molar-refractivity contribution >= 4 is 22.5 Å². The number of urea groups is 1. The monoisotopic (exact) mass is 401 g/mol. The molecule has 2 aliphatic rings. The Bertz CT molecular complexity index is 756. The highest BCUT2D eigenvalue weighted by molar-refractivity contribution is 7.13. The molecule has 3 heterocycles. The van der Waals surface area contributed by atoms with E-state index in [-0.39, 0.29) is 6.03 Å². The lowest BCUT2D eigenvalue weighted by Gasteiger charge is -2.34. The van der Waals surface area contributed by atoms with E-state index in [0.29, 0.717) is 6.54 Å². The van der Waals surface area contributed by atoms with Crippen LogP contribution in [-0.4, -0.2) is 73.3 Å².